The van der Waals surface area contributed by atoms with Gasteiger partial charge in [-0.2, -0.15) is 0 Å². The van der Waals surface area contributed by atoms with Gasteiger partial charge in [-0.05, 0) is 41.2 Å². The number of hydrogen-bond acceptors (Lipinski definition) is 1. The Kier molecular flexibility index (Phi) is 6.87. The van der Waals surface area contributed by atoms with Crippen LogP contribution in [0.1, 0.15) is 62.9 Å². The molecule has 3 aromatic carbocycles. The Labute approximate surface area is 180 Å². The third-order valence-electron chi connectivity index (χ3n) is 5.46. The summed E-state index contributed by atoms with van der Waals surface area (Å²) >= 11 is 0. The molecule has 3 aromatic rings. The summed E-state index contributed by atoms with van der Waals surface area (Å²) in [4.78, 5) is 12.4. The van der Waals surface area contributed by atoms with Gasteiger partial charge in [-0.25, -0.2) is 4.39 Å². The molecule has 0 saturated heterocycles. The maximum absolute atomic E-state index is 14.9. The molecule has 30 heavy (non-hydrogen) atoms. The largest absolute Gasteiger partial charge is 0.294 e. The maximum Gasteiger partial charge on any atom is 0.168 e. The Morgan fingerprint density at radius 3 is 1.97 bits per heavy atom. The van der Waals surface area contributed by atoms with Gasteiger partial charge < -0.3 is 0 Å². The highest BCUT2D eigenvalue weighted by Gasteiger charge is 2.22. The molecule has 0 radical (unpaired) electrons. The number of rotatable bonds is 7. The van der Waals surface area contributed by atoms with E-state index in [1.165, 1.54) is 24.8 Å². The molecule has 3 rings (SSSR count). The SMILES string of the molecule is CCCCCc1ccc(-c2ccc(-c3ccc(C(=O)C(C)(C)C)cc3)cc2F)cc1. The molecule has 2 heteroatoms. The van der Waals surface area contributed by atoms with Crippen LogP contribution in [-0.2, 0) is 6.42 Å². The number of ketones is 1. The second-order valence-electron chi connectivity index (χ2n) is 9.01. The molecule has 0 saturated carbocycles. The summed E-state index contributed by atoms with van der Waals surface area (Å²) in [5, 5.41) is 0. The van der Waals surface area contributed by atoms with Crippen molar-refractivity contribution in [1.29, 1.82) is 0 Å². The van der Waals surface area contributed by atoms with Gasteiger partial charge in [-0.1, -0.05) is 101 Å². The number of hydrogen-bond donors (Lipinski definition) is 0. The van der Waals surface area contributed by atoms with Crippen molar-refractivity contribution in [2.75, 3.05) is 0 Å². The standard InChI is InChI=1S/C28H31FO/c1-5-6-7-8-20-9-11-22(12-10-20)25-18-17-24(19-26(25)29)21-13-15-23(16-14-21)27(30)28(2,3)4/h9-19H,5-8H2,1-4H3. The summed E-state index contributed by atoms with van der Waals surface area (Å²) in [6.07, 6.45) is 4.72. The quantitative estimate of drug-likeness (QED) is 0.288. The van der Waals surface area contributed by atoms with Gasteiger partial charge in [-0.3, -0.25) is 4.79 Å². The van der Waals surface area contributed by atoms with E-state index in [0.29, 0.717) is 11.1 Å². The fourth-order valence-corrected chi connectivity index (χ4v) is 3.61. The van der Waals surface area contributed by atoms with Gasteiger partial charge in [0.15, 0.2) is 5.78 Å². The lowest BCUT2D eigenvalue weighted by Gasteiger charge is -2.16. The zero-order chi connectivity index (χ0) is 21.7. The zero-order valence-corrected chi connectivity index (χ0v) is 18.5. The molecule has 1 nitrogen and oxygen atoms in total. The maximum atomic E-state index is 14.9. The summed E-state index contributed by atoms with van der Waals surface area (Å²) in [6, 6.07) is 21.0. The first-order valence-electron chi connectivity index (χ1n) is 10.8. The molecule has 0 bridgehead atoms. The minimum Gasteiger partial charge on any atom is -0.294 e. The molecule has 0 fully saturated rings. The number of unbranched alkanes of at least 4 members (excludes halogenated alkanes) is 2. The average molecular weight is 403 g/mol. The normalized spacial score (nSPS) is 11.5. The molecule has 0 aromatic heterocycles. The lowest BCUT2D eigenvalue weighted by atomic mass is 9.86. The molecular formula is C28H31FO. The number of halogens is 1. The Morgan fingerprint density at radius 1 is 0.800 bits per heavy atom. The van der Waals surface area contributed by atoms with Crippen LogP contribution >= 0.6 is 0 Å². The molecule has 0 aliphatic rings. The van der Waals surface area contributed by atoms with Crippen LogP contribution in [0, 0.1) is 11.2 Å². The summed E-state index contributed by atoms with van der Waals surface area (Å²) in [5.41, 5.74) is 4.78. The second-order valence-corrected chi connectivity index (χ2v) is 9.01. The first kappa shape index (κ1) is 22.0. The van der Waals surface area contributed by atoms with Gasteiger partial charge in [0.1, 0.15) is 5.82 Å². The Morgan fingerprint density at radius 2 is 1.40 bits per heavy atom. The van der Waals surface area contributed by atoms with Crippen molar-refractivity contribution in [1.82, 2.24) is 0 Å². The molecular weight excluding hydrogens is 371 g/mol. The zero-order valence-electron chi connectivity index (χ0n) is 18.5. The number of carbonyl (C=O) groups is 1. The van der Waals surface area contributed by atoms with Gasteiger partial charge in [0.25, 0.3) is 0 Å². The average Bonchev–Trinajstić information content (AvgIpc) is 2.73. The second kappa shape index (κ2) is 9.38. The summed E-state index contributed by atoms with van der Waals surface area (Å²) in [6.45, 7) is 7.94. The summed E-state index contributed by atoms with van der Waals surface area (Å²) < 4.78 is 14.9. The fourth-order valence-electron chi connectivity index (χ4n) is 3.61. The van der Waals surface area contributed by atoms with E-state index >= 15 is 0 Å². The van der Waals surface area contributed by atoms with E-state index in [4.69, 9.17) is 0 Å². The van der Waals surface area contributed by atoms with Crippen molar-refractivity contribution < 1.29 is 9.18 Å². The van der Waals surface area contributed by atoms with E-state index in [1.807, 2.05) is 69.3 Å². The minimum atomic E-state index is -0.416. The van der Waals surface area contributed by atoms with Crippen LogP contribution in [0.3, 0.4) is 0 Å². The Balaban J connectivity index is 1.77. The predicted molar refractivity (Wildman–Crippen MR) is 124 cm³/mol. The third-order valence-corrected chi connectivity index (χ3v) is 5.46. The first-order chi connectivity index (χ1) is 14.3. The van der Waals surface area contributed by atoms with Crippen molar-refractivity contribution >= 4 is 5.78 Å². The fraction of sp³-hybridized carbons (Fsp3) is 0.321. The van der Waals surface area contributed by atoms with Crippen LogP contribution < -0.4 is 0 Å². The lowest BCUT2D eigenvalue weighted by molar-refractivity contribution is 0.0858. The van der Waals surface area contributed by atoms with Crippen LogP contribution in [0.5, 0.6) is 0 Å². The summed E-state index contributed by atoms with van der Waals surface area (Å²) in [7, 11) is 0. The predicted octanol–water partition coefficient (Wildman–Crippen LogP) is 8.12. The van der Waals surface area contributed by atoms with E-state index in [1.54, 1.807) is 6.07 Å². The topological polar surface area (TPSA) is 17.1 Å². The van der Waals surface area contributed by atoms with E-state index in [2.05, 4.69) is 19.1 Å². The molecule has 0 atom stereocenters. The van der Waals surface area contributed by atoms with Crippen LogP contribution in [-0.4, -0.2) is 5.78 Å². The van der Waals surface area contributed by atoms with Crippen molar-refractivity contribution in [2.45, 2.75) is 53.4 Å². The van der Waals surface area contributed by atoms with Gasteiger partial charge >= 0.3 is 0 Å². The van der Waals surface area contributed by atoms with Crippen LogP contribution in [0.15, 0.2) is 66.7 Å². The highest BCUT2D eigenvalue weighted by atomic mass is 19.1. The van der Waals surface area contributed by atoms with Crippen LogP contribution in [0.4, 0.5) is 4.39 Å². The smallest absolute Gasteiger partial charge is 0.168 e. The third kappa shape index (κ3) is 5.24. The van der Waals surface area contributed by atoms with E-state index in [-0.39, 0.29) is 11.6 Å². The Hall–Kier alpha value is -2.74. The van der Waals surface area contributed by atoms with Crippen molar-refractivity contribution in [3.05, 3.63) is 83.7 Å². The van der Waals surface area contributed by atoms with Gasteiger partial charge in [0.05, 0.1) is 0 Å². The number of carbonyl (C=O) groups excluding carboxylic acids is 1. The molecule has 0 aliphatic heterocycles. The van der Waals surface area contributed by atoms with E-state index in [0.717, 1.165) is 23.1 Å². The van der Waals surface area contributed by atoms with Crippen molar-refractivity contribution in [2.24, 2.45) is 5.41 Å². The molecule has 0 amide bonds. The molecule has 0 spiro atoms. The molecule has 156 valence electrons. The van der Waals surface area contributed by atoms with Crippen LogP contribution in [0.25, 0.3) is 22.3 Å². The van der Waals surface area contributed by atoms with Gasteiger partial charge in [0, 0.05) is 16.5 Å². The highest BCUT2D eigenvalue weighted by Crippen LogP contribution is 2.29. The first-order valence-corrected chi connectivity index (χ1v) is 10.8. The molecule has 0 aliphatic carbocycles. The highest BCUT2D eigenvalue weighted by molar-refractivity contribution is 6.00. The van der Waals surface area contributed by atoms with Crippen molar-refractivity contribution in [3.63, 3.8) is 0 Å². The van der Waals surface area contributed by atoms with E-state index in [9.17, 15) is 9.18 Å². The monoisotopic (exact) mass is 402 g/mol. The summed E-state index contributed by atoms with van der Waals surface area (Å²) in [5.74, 6) is -0.130. The molecule has 0 unspecified atom stereocenters. The van der Waals surface area contributed by atoms with E-state index < -0.39 is 5.41 Å². The number of aryl methyl sites for hydroxylation is 1. The van der Waals surface area contributed by atoms with Crippen LogP contribution in [0.2, 0.25) is 0 Å². The molecule has 0 heterocycles. The van der Waals surface area contributed by atoms with Gasteiger partial charge in [-0.15, -0.1) is 0 Å². The molecule has 0 N–H and O–H groups in total. The van der Waals surface area contributed by atoms with Gasteiger partial charge in [0.2, 0.25) is 0 Å². The van der Waals surface area contributed by atoms with Crippen molar-refractivity contribution in [3.8, 4) is 22.3 Å². The number of benzene rings is 3. The lowest BCUT2D eigenvalue weighted by Crippen LogP contribution is -2.19. The number of Topliss-reactive ketones (excluding diaryl/α,β-unsaturated/α-hetero) is 1. The minimum absolute atomic E-state index is 0.105. The Bertz CT molecular complexity index is 992.